The number of nitrogens with zero attached hydrogens (tertiary/aromatic N) is 5. The zero-order valence-electron chi connectivity index (χ0n) is 32.2. The number of carbonyl (C=O) groups excluding carboxylic acids is 3. The second-order valence-electron chi connectivity index (χ2n) is 15.3. The van der Waals surface area contributed by atoms with E-state index >= 15 is 0 Å². The lowest BCUT2D eigenvalue weighted by Crippen LogP contribution is -2.50. The molecular weight excluding hydrogens is 717 g/mol. The summed E-state index contributed by atoms with van der Waals surface area (Å²) in [6, 6.07) is 26.8. The van der Waals surface area contributed by atoms with E-state index in [0.29, 0.717) is 65.7 Å². The summed E-state index contributed by atoms with van der Waals surface area (Å²) < 4.78 is 11.8. The molecule has 11 heteroatoms. The lowest BCUT2D eigenvalue weighted by molar-refractivity contribution is 0.0573. The van der Waals surface area contributed by atoms with Gasteiger partial charge in [0.2, 0.25) is 0 Å². The number of hydrogen-bond acceptors (Lipinski definition) is 9. The van der Waals surface area contributed by atoms with E-state index in [-0.39, 0.29) is 23.8 Å². The Morgan fingerprint density at radius 3 is 2.32 bits per heavy atom. The van der Waals surface area contributed by atoms with Crippen LogP contribution in [0.3, 0.4) is 0 Å². The van der Waals surface area contributed by atoms with E-state index < -0.39 is 0 Å². The molecule has 0 aliphatic carbocycles. The molecular formula is C46H46N6O5. The van der Waals surface area contributed by atoms with Crippen LogP contribution >= 0.6 is 0 Å². The summed E-state index contributed by atoms with van der Waals surface area (Å²) in [5.74, 6) is 0.576. The number of rotatable bonds is 12. The third kappa shape index (κ3) is 7.02. The van der Waals surface area contributed by atoms with Crippen molar-refractivity contribution in [1.29, 1.82) is 0 Å². The number of anilines is 1. The number of amides is 3. The lowest BCUT2D eigenvalue weighted by atomic mass is 9.89. The number of piperazine rings is 1. The highest BCUT2D eigenvalue weighted by Gasteiger charge is 2.35. The summed E-state index contributed by atoms with van der Waals surface area (Å²) in [6.45, 7) is 6.28. The predicted octanol–water partition coefficient (Wildman–Crippen LogP) is 7.02. The molecule has 9 rings (SSSR count). The van der Waals surface area contributed by atoms with Gasteiger partial charge < -0.3 is 25.0 Å². The van der Waals surface area contributed by atoms with E-state index in [2.05, 4.69) is 15.9 Å². The number of benzene rings is 5. The standard InChI is InChI=1S/C46H46N6O5/c1-56-40-26-38-39(48-28-35-25-33(29-52(35)45(38)54)30-12-14-34(47)15-13-30)27-41(40)57-23-6-2-5-16-49-17-19-50(20-18-49)21-22-51-44(53)37-11-7-9-32-24-31-8-3-4-10-36(31)43(42(32)37)46(51)55/h3-4,7-15,24,26-29,35H,2,5-6,16-23,25,47H2,1H3/t35-/m0/s1. The first kappa shape index (κ1) is 36.6. The minimum Gasteiger partial charge on any atom is -0.493 e. The Labute approximate surface area is 331 Å². The van der Waals surface area contributed by atoms with Crippen molar-refractivity contribution in [1.82, 2.24) is 19.6 Å². The van der Waals surface area contributed by atoms with Crippen molar-refractivity contribution in [2.24, 2.45) is 4.99 Å². The first-order valence-electron chi connectivity index (χ1n) is 19.9. The number of methoxy groups -OCH3 is 1. The molecule has 0 aromatic heterocycles. The number of unbranched alkanes of at least 4 members (excludes halogenated alkanes) is 2. The fraction of sp³-hybridized carbons (Fsp3) is 0.304. The fourth-order valence-electron chi connectivity index (χ4n) is 8.64. The van der Waals surface area contributed by atoms with Gasteiger partial charge in [-0.1, -0.05) is 48.5 Å². The third-order valence-electron chi connectivity index (χ3n) is 11.8. The molecule has 5 aromatic rings. The summed E-state index contributed by atoms with van der Waals surface area (Å²) in [4.78, 5) is 53.9. The van der Waals surface area contributed by atoms with Gasteiger partial charge in [0.05, 0.1) is 36.6 Å². The van der Waals surface area contributed by atoms with Crippen molar-refractivity contribution >= 4 is 62.4 Å². The summed E-state index contributed by atoms with van der Waals surface area (Å²) in [7, 11) is 1.59. The first-order chi connectivity index (χ1) is 27.9. The average molecular weight is 763 g/mol. The van der Waals surface area contributed by atoms with Gasteiger partial charge in [-0.15, -0.1) is 0 Å². The molecule has 11 nitrogen and oxygen atoms in total. The molecule has 1 fully saturated rings. The topological polar surface area (TPSA) is 121 Å². The normalized spacial score (nSPS) is 18.2. The van der Waals surface area contributed by atoms with Gasteiger partial charge in [0.1, 0.15) is 0 Å². The Morgan fingerprint density at radius 2 is 1.51 bits per heavy atom. The molecule has 4 heterocycles. The van der Waals surface area contributed by atoms with Gasteiger partial charge in [-0.2, -0.15) is 0 Å². The van der Waals surface area contributed by atoms with Crippen LogP contribution in [0.15, 0.2) is 96.1 Å². The minimum atomic E-state index is -0.206. The predicted molar refractivity (Wildman–Crippen MR) is 224 cm³/mol. The highest BCUT2D eigenvalue weighted by Crippen LogP contribution is 2.40. The van der Waals surface area contributed by atoms with Gasteiger partial charge in [0.15, 0.2) is 11.5 Å². The number of nitrogen functional groups attached to an aromatic ring is 1. The fourth-order valence-corrected chi connectivity index (χ4v) is 8.64. The largest absolute Gasteiger partial charge is 0.493 e. The van der Waals surface area contributed by atoms with Crippen LogP contribution < -0.4 is 15.2 Å². The quantitative estimate of drug-likeness (QED) is 0.0624. The molecule has 3 amide bonds. The summed E-state index contributed by atoms with van der Waals surface area (Å²) in [5.41, 5.74) is 11.0. The minimum absolute atomic E-state index is 0.117. The molecule has 1 atom stereocenters. The van der Waals surface area contributed by atoms with Crippen LogP contribution in [0.2, 0.25) is 0 Å². The molecule has 2 N–H and O–H groups in total. The Bertz CT molecular complexity index is 2450. The molecule has 57 heavy (non-hydrogen) atoms. The molecule has 290 valence electrons. The van der Waals surface area contributed by atoms with E-state index in [1.807, 2.05) is 85.2 Å². The van der Waals surface area contributed by atoms with Crippen LogP contribution in [-0.2, 0) is 0 Å². The van der Waals surface area contributed by atoms with Crippen molar-refractivity contribution in [3.63, 3.8) is 0 Å². The van der Waals surface area contributed by atoms with Crippen molar-refractivity contribution in [3.05, 3.63) is 113 Å². The molecule has 0 spiro atoms. The molecule has 0 bridgehead atoms. The number of hydrogen-bond donors (Lipinski definition) is 1. The van der Waals surface area contributed by atoms with E-state index in [1.165, 1.54) is 4.90 Å². The van der Waals surface area contributed by atoms with E-state index in [9.17, 15) is 14.4 Å². The van der Waals surface area contributed by atoms with Crippen LogP contribution in [0.1, 0.15) is 62.3 Å². The maximum absolute atomic E-state index is 13.9. The second-order valence-corrected chi connectivity index (χ2v) is 15.3. The lowest BCUT2D eigenvalue weighted by Gasteiger charge is -2.36. The Kier molecular flexibility index (Phi) is 9.94. The van der Waals surface area contributed by atoms with Gasteiger partial charge in [0, 0.05) is 80.8 Å². The number of fused-ring (bicyclic) bond motifs is 4. The van der Waals surface area contributed by atoms with E-state index in [1.54, 1.807) is 18.1 Å². The van der Waals surface area contributed by atoms with Crippen LogP contribution in [0, 0.1) is 0 Å². The van der Waals surface area contributed by atoms with Crippen molar-refractivity contribution in [3.8, 4) is 11.5 Å². The summed E-state index contributed by atoms with van der Waals surface area (Å²) in [5, 5.41) is 3.60. The summed E-state index contributed by atoms with van der Waals surface area (Å²) >= 11 is 0. The van der Waals surface area contributed by atoms with Crippen LogP contribution in [0.25, 0.3) is 27.1 Å². The third-order valence-corrected chi connectivity index (χ3v) is 11.8. The van der Waals surface area contributed by atoms with Crippen molar-refractivity contribution < 1.29 is 23.9 Å². The van der Waals surface area contributed by atoms with Crippen molar-refractivity contribution in [2.75, 3.05) is 65.3 Å². The van der Waals surface area contributed by atoms with E-state index in [0.717, 1.165) is 84.7 Å². The molecule has 0 saturated carbocycles. The zero-order chi connectivity index (χ0) is 39.0. The number of nitrogens with two attached hydrogens (primary N) is 1. The van der Waals surface area contributed by atoms with Crippen LogP contribution in [0.4, 0.5) is 11.4 Å². The van der Waals surface area contributed by atoms with Crippen LogP contribution in [0.5, 0.6) is 11.5 Å². The maximum atomic E-state index is 13.9. The van der Waals surface area contributed by atoms with Gasteiger partial charge in [-0.25, -0.2) is 0 Å². The smallest absolute Gasteiger partial charge is 0.262 e. The van der Waals surface area contributed by atoms with Gasteiger partial charge in [-0.05, 0) is 83.4 Å². The molecule has 0 unspecified atom stereocenters. The maximum Gasteiger partial charge on any atom is 0.262 e. The first-order valence-corrected chi connectivity index (χ1v) is 19.9. The SMILES string of the molecule is COc1cc2c(cc1OCCCCCN1CCN(CCN3C(=O)c4cccc5cc6ccccc6c(c45)C3=O)CC1)N=C[C@@H]1CC(c3ccc(N)cc3)=CN1C2=O. The Hall–Kier alpha value is -6.04. The van der Waals surface area contributed by atoms with Crippen LogP contribution in [-0.4, -0.2) is 109 Å². The molecule has 4 aliphatic rings. The van der Waals surface area contributed by atoms with E-state index in [4.69, 9.17) is 20.2 Å². The number of imide groups is 1. The summed E-state index contributed by atoms with van der Waals surface area (Å²) in [6.07, 6.45) is 7.41. The van der Waals surface area contributed by atoms with Gasteiger partial charge in [0.25, 0.3) is 17.7 Å². The zero-order valence-corrected chi connectivity index (χ0v) is 32.2. The van der Waals surface area contributed by atoms with Gasteiger partial charge in [-0.3, -0.25) is 29.2 Å². The number of ether oxygens (including phenoxy) is 2. The number of carbonyl (C=O) groups is 3. The second kappa shape index (κ2) is 15.5. The highest BCUT2D eigenvalue weighted by molar-refractivity contribution is 6.30. The Balaban J connectivity index is 0.729. The Morgan fingerprint density at radius 1 is 0.737 bits per heavy atom. The molecule has 0 radical (unpaired) electrons. The molecule has 5 aromatic carbocycles. The monoisotopic (exact) mass is 762 g/mol. The number of aliphatic imine (C=N–C) groups is 1. The van der Waals surface area contributed by atoms with Crippen molar-refractivity contribution in [2.45, 2.75) is 31.7 Å². The average Bonchev–Trinajstić information content (AvgIpc) is 3.62. The molecule has 1 saturated heterocycles. The highest BCUT2D eigenvalue weighted by atomic mass is 16.5. The van der Waals surface area contributed by atoms with Gasteiger partial charge >= 0.3 is 0 Å². The molecule has 4 aliphatic heterocycles.